The van der Waals surface area contributed by atoms with Crippen LogP contribution in [-0.2, 0) is 0 Å². The smallest absolute Gasteiger partial charge is 0.123 e. The van der Waals surface area contributed by atoms with Gasteiger partial charge in [0.1, 0.15) is 5.82 Å². The van der Waals surface area contributed by atoms with Crippen molar-refractivity contribution in [3.63, 3.8) is 0 Å². The maximum absolute atomic E-state index is 12.7. The van der Waals surface area contributed by atoms with Crippen molar-refractivity contribution in [2.24, 2.45) is 5.92 Å². The minimum atomic E-state index is -0.153. The summed E-state index contributed by atoms with van der Waals surface area (Å²) < 4.78 is 12.7. The van der Waals surface area contributed by atoms with Gasteiger partial charge in [-0.3, -0.25) is 0 Å². The SMILES string of the molecule is CC(CBr)CCC(C)c1ccc(F)cc1. The van der Waals surface area contributed by atoms with Crippen molar-refractivity contribution in [2.45, 2.75) is 32.6 Å². The highest BCUT2D eigenvalue weighted by atomic mass is 79.9. The summed E-state index contributed by atoms with van der Waals surface area (Å²) in [6.45, 7) is 4.44. The van der Waals surface area contributed by atoms with E-state index in [2.05, 4.69) is 29.8 Å². The molecule has 2 atom stereocenters. The van der Waals surface area contributed by atoms with Crippen LogP contribution in [0, 0.1) is 11.7 Å². The first-order valence-corrected chi connectivity index (χ1v) is 6.57. The van der Waals surface area contributed by atoms with E-state index in [-0.39, 0.29) is 5.82 Å². The monoisotopic (exact) mass is 272 g/mol. The third kappa shape index (κ3) is 4.33. The fraction of sp³-hybridized carbons (Fsp3) is 0.538. The van der Waals surface area contributed by atoms with Gasteiger partial charge in [0.2, 0.25) is 0 Å². The van der Waals surface area contributed by atoms with Gasteiger partial charge >= 0.3 is 0 Å². The van der Waals surface area contributed by atoms with Gasteiger partial charge in [-0.15, -0.1) is 0 Å². The Kier molecular flexibility index (Phi) is 5.30. The summed E-state index contributed by atoms with van der Waals surface area (Å²) in [6, 6.07) is 6.86. The summed E-state index contributed by atoms with van der Waals surface area (Å²) in [5, 5.41) is 1.06. The van der Waals surface area contributed by atoms with Crippen molar-refractivity contribution in [3.8, 4) is 0 Å². The average Bonchev–Trinajstić information content (AvgIpc) is 2.26. The Morgan fingerprint density at radius 1 is 1.13 bits per heavy atom. The molecule has 1 aromatic carbocycles. The summed E-state index contributed by atoms with van der Waals surface area (Å²) in [5.74, 6) is 1.08. The van der Waals surface area contributed by atoms with Gasteiger partial charge < -0.3 is 0 Å². The molecule has 15 heavy (non-hydrogen) atoms. The van der Waals surface area contributed by atoms with Crippen LogP contribution in [0.4, 0.5) is 4.39 Å². The van der Waals surface area contributed by atoms with Crippen LogP contribution >= 0.6 is 15.9 Å². The molecule has 0 N–H and O–H groups in total. The topological polar surface area (TPSA) is 0 Å². The van der Waals surface area contributed by atoms with Crippen molar-refractivity contribution in [1.82, 2.24) is 0 Å². The van der Waals surface area contributed by atoms with Crippen LogP contribution in [-0.4, -0.2) is 5.33 Å². The lowest BCUT2D eigenvalue weighted by atomic mass is 9.93. The molecule has 0 aliphatic heterocycles. The third-order valence-corrected chi connectivity index (χ3v) is 3.90. The van der Waals surface area contributed by atoms with Gasteiger partial charge in [-0.1, -0.05) is 41.9 Å². The molecule has 0 amide bonds. The molecule has 0 aliphatic rings. The Hall–Kier alpha value is -0.370. The standard InChI is InChI=1S/C13H18BrF/c1-10(9-14)3-4-11(2)12-5-7-13(15)8-6-12/h5-8,10-11H,3-4,9H2,1-2H3. The Labute approximate surface area is 100 Å². The fourth-order valence-electron chi connectivity index (χ4n) is 1.57. The van der Waals surface area contributed by atoms with Crippen LogP contribution in [0.3, 0.4) is 0 Å². The number of hydrogen-bond acceptors (Lipinski definition) is 0. The number of halogens is 2. The zero-order valence-corrected chi connectivity index (χ0v) is 10.9. The van der Waals surface area contributed by atoms with Crippen LogP contribution in [0.2, 0.25) is 0 Å². The third-order valence-electron chi connectivity index (χ3n) is 2.79. The highest BCUT2D eigenvalue weighted by Crippen LogP contribution is 2.23. The summed E-state index contributed by atoms with van der Waals surface area (Å²) in [6.07, 6.45) is 2.38. The predicted octanol–water partition coefficient (Wildman–Crippen LogP) is 4.74. The second kappa shape index (κ2) is 6.26. The van der Waals surface area contributed by atoms with Gasteiger partial charge in [0.25, 0.3) is 0 Å². The van der Waals surface area contributed by atoms with Gasteiger partial charge in [-0.25, -0.2) is 4.39 Å². The molecule has 2 unspecified atom stereocenters. The molecule has 0 radical (unpaired) electrons. The largest absolute Gasteiger partial charge is 0.207 e. The number of alkyl halides is 1. The molecule has 0 saturated heterocycles. The fourth-order valence-corrected chi connectivity index (χ4v) is 1.89. The number of benzene rings is 1. The van der Waals surface area contributed by atoms with Gasteiger partial charge in [-0.05, 0) is 42.4 Å². The van der Waals surface area contributed by atoms with Crippen molar-refractivity contribution in [2.75, 3.05) is 5.33 Å². The molecule has 0 heterocycles. The maximum atomic E-state index is 12.7. The minimum absolute atomic E-state index is 0.153. The van der Waals surface area contributed by atoms with E-state index in [1.165, 1.54) is 18.4 Å². The average molecular weight is 273 g/mol. The van der Waals surface area contributed by atoms with E-state index in [1.54, 1.807) is 12.1 Å². The second-order valence-electron chi connectivity index (χ2n) is 4.29. The quantitative estimate of drug-likeness (QED) is 0.680. The van der Waals surface area contributed by atoms with Crippen molar-refractivity contribution in [1.29, 1.82) is 0 Å². The molecule has 0 aliphatic carbocycles. The summed E-state index contributed by atoms with van der Waals surface area (Å²) in [5.41, 5.74) is 1.23. The van der Waals surface area contributed by atoms with E-state index in [9.17, 15) is 4.39 Å². The minimum Gasteiger partial charge on any atom is -0.207 e. The van der Waals surface area contributed by atoms with Crippen molar-refractivity contribution in [3.05, 3.63) is 35.6 Å². The second-order valence-corrected chi connectivity index (χ2v) is 4.94. The van der Waals surface area contributed by atoms with E-state index < -0.39 is 0 Å². The lowest BCUT2D eigenvalue weighted by Gasteiger charge is -2.14. The highest BCUT2D eigenvalue weighted by Gasteiger charge is 2.07. The zero-order chi connectivity index (χ0) is 11.3. The van der Waals surface area contributed by atoms with Gasteiger partial charge in [0, 0.05) is 5.33 Å². The van der Waals surface area contributed by atoms with E-state index in [4.69, 9.17) is 0 Å². The molecular formula is C13H18BrF. The molecular weight excluding hydrogens is 255 g/mol. The van der Waals surface area contributed by atoms with E-state index in [0.717, 1.165) is 5.33 Å². The first kappa shape index (κ1) is 12.7. The molecule has 0 bridgehead atoms. The predicted molar refractivity (Wildman–Crippen MR) is 67.0 cm³/mol. The molecule has 1 aromatic rings. The van der Waals surface area contributed by atoms with Crippen molar-refractivity contribution < 1.29 is 4.39 Å². The number of rotatable bonds is 5. The zero-order valence-electron chi connectivity index (χ0n) is 9.34. The Morgan fingerprint density at radius 2 is 1.73 bits per heavy atom. The maximum Gasteiger partial charge on any atom is 0.123 e. The molecule has 0 aromatic heterocycles. The molecule has 1 rings (SSSR count). The first-order valence-electron chi connectivity index (χ1n) is 5.45. The van der Waals surface area contributed by atoms with E-state index in [0.29, 0.717) is 11.8 Å². The Morgan fingerprint density at radius 3 is 2.27 bits per heavy atom. The molecule has 0 saturated carbocycles. The van der Waals surface area contributed by atoms with Gasteiger partial charge in [-0.2, -0.15) is 0 Å². The van der Waals surface area contributed by atoms with Crippen LogP contribution in [0.25, 0.3) is 0 Å². The lowest BCUT2D eigenvalue weighted by Crippen LogP contribution is -2.00. The Balaban J connectivity index is 2.46. The summed E-state index contributed by atoms with van der Waals surface area (Å²) >= 11 is 3.48. The normalized spacial score (nSPS) is 14.9. The van der Waals surface area contributed by atoms with Gasteiger partial charge in [0.05, 0.1) is 0 Å². The molecule has 0 spiro atoms. The molecule has 84 valence electrons. The first-order chi connectivity index (χ1) is 7.13. The van der Waals surface area contributed by atoms with Crippen LogP contribution in [0.15, 0.2) is 24.3 Å². The van der Waals surface area contributed by atoms with Crippen LogP contribution in [0.5, 0.6) is 0 Å². The van der Waals surface area contributed by atoms with Crippen LogP contribution in [0.1, 0.15) is 38.2 Å². The summed E-state index contributed by atoms with van der Waals surface area (Å²) in [4.78, 5) is 0. The van der Waals surface area contributed by atoms with Crippen molar-refractivity contribution >= 4 is 15.9 Å². The van der Waals surface area contributed by atoms with E-state index >= 15 is 0 Å². The Bertz CT molecular complexity index is 281. The molecule has 2 heteroatoms. The van der Waals surface area contributed by atoms with Crippen LogP contribution < -0.4 is 0 Å². The number of hydrogen-bond donors (Lipinski definition) is 0. The molecule has 0 nitrogen and oxygen atoms in total. The molecule has 0 fully saturated rings. The lowest BCUT2D eigenvalue weighted by molar-refractivity contribution is 0.524. The summed E-state index contributed by atoms with van der Waals surface area (Å²) in [7, 11) is 0. The van der Waals surface area contributed by atoms with Gasteiger partial charge in [0.15, 0.2) is 0 Å². The highest BCUT2D eigenvalue weighted by molar-refractivity contribution is 9.09. The van der Waals surface area contributed by atoms with E-state index in [1.807, 2.05) is 12.1 Å².